The Bertz CT molecular complexity index is 1360. The van der Waals surface area contributed by atoms with E-state index in [9.17, 15) is 19.2 Å². The molecule has 2 aromatic rings. The van der Waals surface area contributed by atoms with Crippen LogP contribution in [0.1, 0.15) is 75.8 Å². The molecule has 1 saturated heterocycles. The number of Topliss-reactive ketones (excluding diaryl/α,β-unsaturated/α-hetero) is 1. The zero-order chi connectivity index (χ0) is 32.0. The minimum absolute atomic E-state index is 0.0562. The number of nitrogens with zero attached hydrogens (tertiary/aromatic N) is 2. The van der Waals surface area contributed by atoms with Gasteiger partial charge in [0.25, 0.3) is 0 Å². The maximum atomic E-state index is 15.5. The van der Waals surface area contributed by atoms with Crippen molar-refractivity contribution in [3.63, 3.8) is 0 Å². The van der Waals surface area contributed by atoms with Gasteiger partial charge in [0.05, 0.1) is 11.1 Å². The molecule has 5 rings (SSSR count). The van der Waals surface area contributed by atoms with Crippen LogP contribution in [0.2, 0.25) is 0 Å². The summed E-state index contributed by atoms with van der Waals surface area (Å²) in [7, 11) is 2.00. The summed E-state index contributed by atoms with van der Waals surface area (Å²) in [5.41, 5.74) is 1.11. The van der Waals surface area contributed by atoms with E-state index < -0.39 is 23.2 Å². The smallest absolute Gasteiger partial charge is 0.245 e. The molecule has 1 aliphatic heterocycles. The predicted octanol–water partition coefficient (Wildman–Crippen LogP) is 4.86. The van der Waals surface area contributed by atoms with E-state index in [1.54, 1.807) is 17.9 Å². The second kappa shape index (κ2) is 14.7. The molecule has 2 atom stereocenters. The van der Waals surface area contributed by atoms with Gasteiger partial charge in [-0.25, -0.2) is 4.39 Å². The third-order valence-corrected chi connectivity index (χ3v) is 10.1. The van der Waals surface area contributed by atoms with Crippen molar-refractivity contribution in [1.29, 1.82) is 0 Å². The highest BCUT2D eigenvalue weighted by Gasteiger charge is 2.51. The minimum Gasteiger partial charge on any atom is -0.344 e. The maximum absolute atomic E-state index is 15.5. The molecule has 3 aliphatic rings. The molecule has 9 heteroatoms. The molecule has 0 aromatic heterocycles. The maximum Gasteiger partial charge on any atom is 0.245 e. The first kappa shape index (κ1) is 32.8. The van der Waals surface area contributed by atoms with Crippen LogP contribution in [0.4, 0.5) is 10.1 Å². The van der Waals surface area contributed by atoms with Crippen LogP contribution in [0.15, 0.2) is 48.5 Å². The molecule has 2 N–H and O–H groups in total. The monoisotopic (exact) mass is 618 g/mol. The Balaban J connectivity index is 1.28. The number of amides is 3. The van der Waals surface area contributed by atoms with Crippen molar-refractivity contribution < 1.29 is 23.6 Å². The van der Waals surface area contributed by atoms with Gasteiger partial charge < -0.3 is 20.4 Å². The number of ketones is 1. The molecule has 0 unspecified atom stereocenters. The average molecular weight is 619 g/mol. The van der Waals surface area contributed by atoms with Crippen molar-refractivity contribution in [3.05, 3.63) is 65.5 Å². The number of halogens is 1. The lowest BCUT2D eigenvalue weighted by atomic mass is 9.75. The van der Waals surface area contributed by atoms with Crippen LogP contribution in [0.3, 0.4) is 0 Å². The quantitative estimate of drug-likeness (QED) is 0.354. The lowest BCUT2D eigenvalue weighted by Gasteiger charge is -2.34. The van der Waals surface area contributed by atoms with E-state index in [2.05, 4.69) is 15.5 Å². The van der Waals surface area contributed by atoms with Gasteiger partial charge in [0.15, 0.2) is 0 Å². The standard InChI is InChI=1S/C36H47FN4O4/c1-3-33(43)38-31(35(45)41-20-18-40(2)19-21-41)23-25-14-15-30(29(37)22-25)39-34(44)28(26-10-6-4-7-11-26)24-32(42)36(16-17-36)27-12-8-5-9-13-27/h5,8-9,12-15,22,26,28,31H,3-4,6-7,10-11,16-21,23-24H2,1-2H3,(H,38,43)(H,39,44)/t28-,31+/m0/s1. The summed E-state index contributed by atoms with van der Waals surface area (Å²) in [6.07, 6.45) is 7.07. The van der Waals surface area contributed by atoms with Gasteiger partial charge in [-0.2, -0.15) is 0 Å². The van der Waals surface area contributed by atoms with Crippen molar-refractivity contribution >= 4 is 29.2 Å². The molecule has 0 radical (unpaired) electrons. The van der Waals surface area contributed by atoms with Gasteiger partial charge in [-0.1, -0.05) is 62.6 Å². The minimum atomic E-state index is -0.804. The van der Waals surface area contributed by atoms with E-state index in [0.29, 0.717) is 18.7 Å². The van der Waals surface area contributed by atoms with Crippen LogP contribution < -0.4 is 10.6 Å². The number of hydrogen-bond acceptors (Lipinski definition) is 5. The average Bonchev–Trinajstić information content (AvgIpc) is 3.87. The van der Waals surface area contributed by atoms with Gasteiger partial charge in [-0.3, -0.25) is 19.2 Å². The van der Waals surface area contributed by atoms with Crippen LogP contribution >= 0.6 is 0 Å². The third-order valence-electron chi connectivity index (χ3n) is 10.1. The van der Waals surface area contributed by atoms with E-state index in [1.807, 2.05) is 37.4 Å². The van der Waals surface area contributed by atoms with Crippen molar-refractivity contribution in [2.75, 3.05) is 38.5 Å². The van der Waals surface area contributed by atoms with Gasteiger partial charge in [0.2, 0.25) is 17.7 Å². The number of carbonyl (C=O) groups is 4. The lowest BCUT2D eigenvalue weighted by molar-refractivity contribution is -0.137. The number of anilines is 1. The predicted molar refractivity (Wildman–Crippen MR) is 172 cm³/mol. The summed E-state index contributed by atoms with van der Waals surface area (Å²) in [5.74, 6) is -1.68. The van der Waals surface area contributed by atoms with Gasteiger partial charge in [-0.15, -0.1) is 0 Å². The number of likely N-dealkylation sites (N-methyl/N-ethyl adjacent to an activating group) is 1. The molecule has 3 fully saturated rings. The molecular formula is C36H47FN4O4. The van der Waals surface area contributed by atoms with Gasteiger partial charge in [-0.05, 0) is 61.9 Å². The van der Waals surface area contributed by atoms with Crippen LogP contribution in [0.25, 0.3) is 0 Å². The van der Waals surface area contributed by atoms with Crippen LogP contribution in [0.5, 0.6) is 0 Å². The zero-order valence-electron chi connectivity index (χ0n) is 26.7. The fourth-order valence-corrected chi connectivity index (χ4v) is 7.01. The van der Waals surface area contributed by atoms with Gasteiger partial charge >= 0.3 is 0 Å². The molecule has 2 saturated carbocycles. The Hall–Kier alpha value is -3.59. The molecule has 3 amide bonds. The molecule has 2 aliphatic carbocycles. The zero-order valence-corrected chi connectivity index (χ0v) is 26.7. The SMILES string of the molecule is CCC(=O)N[C@H](Cc1ccc(NC(=O)[C@@H](CC(=O)C2(c3ccccc3)CC2)C2CCCCC2)c(F)c1)C(=O)N1CCN(C)CC1. The molecule has 0 bridgehead atoms. The molecule has 45 heavy (non-hydrogen) atoms. The molecule has 1 heterocycles. The topological polar surface area (TPSA) is 98.8 Å². The largest absolute Gasteiger partial charge is 0.344 e. The molecular weight excluding hydrogens is 571 g/mol. The Morgan fingerprint density at radius 2 is 1.64 bits per heavy atom. The Kier molecular flexibility index (Phi) is 10.7. The van der Waals surface area contributed by atoms with Crippen molar-refractivity contribution in [2.24, 2.45) is 11.8 Å². The highest BCUT2D eigenvalue weighted by Crippen LogP contribution is 2.50. The molecule has 242 valence electrons. The Morgan fingerprint density at radius 1 is 0.956 bits per heavy atom. The molecule has 8 nitrogen and oxygen atoms in total. The summed E-state index contributed by atoms with van der Waals surface area (Å²) in [4.78, 5) is 57.0. The summed E-state index contributed by atoms with van der Waals surface area (Å²) in [6, 6.07) is 13.6. The number of benzene rings is 2. The second-order valence-corrected chi connectivity index (χ2v) is 13.2. The number of carbonyl (C=O) groups excluding carboxylic acids is 4. The van der Waals surface area contributed by atoms with Crippen LogP contribution in [-0.4, -0.2) is 72.6 Å². The number of nitrogens with one attached hydrogen (secondary N) is 2. The highest BCUT2D eigenvalue weighted by atomic mass is 19.1. The summed E-state index contributed by atoms with van der Waals surface area (Å²) >= 11 is 0. The van der Waals surface area contributed by atoms with Gasteiger partial charge in [0, 0.05) is 51.4 Å². The van der Waals surface area contributed by atoms with E-state index >= 15 is 4.39 Å². The molecule has 2 aromatic carbocycles. The summed E-state index contributed by atoms with van der Waals surface area (Å²) in [5, 5.41) is 5.63. The highest BCUT2D eigenvalue weighted by molar-refractivity contribution is 5.99. The Morgan fingerprint density at radius 3 is 2.27 bits per heavy atom. The summed E-state index contributed by atoms with van der Waals surface area (Å²) < 4.78 is 15.5. The first-order valence-electron chi connectivity index (χ1n) is 16.6. The number of hydrogen-bond donors (Lipinski definition) is 2. The first-order chi connectivity index (χ1) is 21.7. The van der Waals surface area contributed by atoms with Crippen LogP contribution in [0, 0.1) is 17.7 Å². The van der Waals surface area contributed by atoms with E-state index in [1.165, 1.54) is 12.1 Å². The molecule has 0 spiro atoms. The number of rotatable bonds is 12. The Labute approximate surface area is 266 Å². The van der Waals surface area contributed by atoms with E-state index in [0.717, 1.165) is 63.6 Å². The van der Waals surface area contributed by atoms with Crippen molar-refractivity contribution in [1.82, 2.24) is 15.1 Å². The first-order valence-corrected chi connectivity index (χ1v) is 16.6. The fraction of sp³-hybridized carbons (Fsp3) is 0.556. The second-order valence-electron chi connectivity index (χ2n) is 13.2. The normalized spacial score (nSPS) is 19.8. The van der Waals surface area contributed by atoms with Crippen LogP contribution in [-0.2, 0) is 31.0 Å². The number of piperazine rings is 1. The summed E-state index contributed by atoms with van der Waals surface area (Å²) in [6.45, 7) is 4.38. The van der Waals surface area contributed by atoms with E-state index in [-0.39, 0.29) is 54.4 Å². The van der Waals surface area contributed by atoms with Crippen molar-refractivity contribution in [2.45, 2.75) is 82.6 Å². The van der Waals surface area contributed by atoms with E-state index in [4.69, 9.17) is 0 Å². The fourth-order valence-electron chi connectivity index (χ4n) is 7.01. The third kappa shape index (κ3) is 7.98. The lowest BCUT2D eigenvalue weighted by Crippen LogP contribution is -2.54. The van der Waals surface area contributed by atoms with Crippen molar-refractivity contribution in [3.8, 4) is 0 Å². The van der Waals surface area contributed by atoms with Gasteiger partial charge in [0.1, 0.15) is 17.6 Å².